The van der Waals surface area contributed by atoms with Crippen molar-refractivity contribution in [2.45, 2.75) is 44.9 Å². The number of aryl methyl sites for hydroxylation is 5. The van der Waals surface area contributed by atoms with Crippen LogP contribution in [-0.4, -0.2) is 6.36 Å². The molecule has 0 saturated heterocycles. The number of hydrogen-bond donors (Lipinski definition) is 0. The minimum Gasteiger partial charge on any atom is -0.403 e. The molecular weight excluding hydrogens is 502 g/mol. The van der Waals surface area contributed by atoms with Crippen LogP contribution in [0.5, 0.6) is 5.75 Å². The van der Waals surface area contributed by atoms with Crippen molar-refractivity contribution >= 4 is 10.8 Å². The maximum atomic E-state index is 15.2. The van der Waals surface area contributed by atoms with Gasteiger partial charge in [-0.15, -0.1) is 19.8 Å². The van der Waals surface area contributed by atoms with Crippen LogP contribution in [0, 0.1) is 17.5 Å². The van der Waals surface area contributed by atoms with Gasteiger partial charge in [0, 0.05) is 5.39 Å². The summed E-state index contributed by atoms with van der Waals surface area (Å²) in [4.78, 5) is 0. The molecule has 0 heterocycles. The maximum absolute atomic E-state index is 15.2. The third-order valence-electron chi connectivity index (χ3n) is 6.44. The Hall–Kier alpha value is -3.74. The fourth-order valence-corrected chi connectivity index (χ4v) is 4.42. The molecule has 0 spiro atoms. The van der Waals surface area contributed by atoms with Crippen molar-refractivity contribution in [1.29, 1.82) is 0 Å². The number of hydrogen-bond acceptors (Lipinski definition) is 1. The zero-order chi connectivity index (χ0) is 27.3. The predicted octanol–water partition coefficient (Wildman–Crippen LogP) is 8.84. The van der Waals surface area contributed by atoms with Gasteiger partial charge in [-0.3, -0.25) is 0 Å². The Balaban J connectivity index is 1.41. The van der Waals surface area contributed by atoms with Crippen molar-refractivity contribution in [2.75, 3.05) is 0 Å². The minimum absolute atomic E-state index is 0.231. The van der Waals surface area contributed by atoms with Crippen molar-refractivity contribution in [3.8, 4) is 5.75 Å². The number of alkyl halides is 3. The fraction of sp³-hybridized carbons (Fsp3) is 0.226. The van der Waals surface area contributed by atoms with Crippen molar-refractivity contribution in [3.05, 3.63) is 125 Å². The molecule has 0 aliphatic heterocycles. The molecule has 0 atom stereocenters. The van der Waals surface area contributed by atoms with Gasteiger partial charge in [0.05, 0.1) is 0 Å². The molecule has 0 bridgehead atoms. The second kappa shape index (κ2) is 11.8. The molecule has 198 valence electrons. The van der Waals surface area contributed by atoms with Crippen LogP contribution in [0.2, 0.25) is 0 Å². The van der Waals surface area contributed by atoms with Crippen LogP contribution in [0.1, 0.15) is 34.2 Å². The Morgan fingerprint density at radius 3 is 1.95 bits per heavy atom. The Morgan fingerprint density at radius 2 is 1.26 bits per heavy atom. The van der Waals surface area contributed by atoms with Gasteiger partial charge in [-0.2, -0.15) is 0 Å². The molecule has 4 aromatic carbocycles. The lowest BCUT2D eigenvalue weighted by molar-refractivity contribution is -0.275. The highest BCUT2D eigenvalue weighted by molar-refractivity contribution is 5.84. The zero-order valence-corrected chi connectivity index (χ0v) is 20.6. The van der Waals surface area contributed by atoms with E-state index in [1.54, 1.807) is 30.3 Å². The minimum atomic E-state index is -4.98. The van der Waals surface area contributed by atoms with Crippen LogP contribution in [-0.2, 0) is 32.1 Å². The van der Waals surface area contributed by atoms with E-state index in [2.05, 4.69) is 11.3 Å². The molecule has 38 heavy (non-hydrogen) atoms. The summed E-state index contributed by atoms with van der Waals surface area (Å²) >= 11 is 0. The Bertz CT molecular complexity index is 1440. The molecule has 0 fully saturated rings. The summed E-state index contributed by atoms with van der Waals surface area (Å²) in [7, 11) is 0. The van der Waals surface area contributed by atoms with Crippen LogP contribution >= 0.6 is 0 Å². The van der Waals surface area contributed by atoms with Gasteiger partial charge in [0.1, 0.15) is 11.6 Å². The molecule has 0 radical (unpaired) electrons. The van der Waals surface area contributed by atoms with Crippen molar-refractivity contribution in [3.63, 3.8) is 0 Å². The number of rotatable bonds is 10. The second-order valence-corrected chi connectivity index (χ2v) is 9.16. The Kier molecular flexibility index (Phi) is 8.45. The van der Waals surface area contributed by atoms with Crippen LogP contribution in [0.25, 0.3) is 10.8 Å². The normalized spacial score (nSPS) is 11.6. The van der Waals surface area contributed by atoms with Crippen LogP contribution in [0.4, 0.5) is 26.3 Å². The Morgan fingerprint density at radius 1 is 0.658 bits per heavy atom. The molecule has 0 aliphatic rings. The van der Waals surface area contributed by atoms with Crippen molar-refractivity contribution in [1.82, 2.24) is 0 Å². The number of benzene rings is 4. The van der Waals surface area contributed by atoms with Gasteiger partial charge in [0.25, 0.3) is 0 Å². The van der Waals surface area contributed by atoms with E-state index in [0.29, 0.717) is 40.3 Å². The number of allylic oxidation sites excluding steroid dienone is 1. The van der Waals surface area contributed by atoms with E-state index in [0.717, 1.165) is 36.1 Å². The molecule has 0 unspecified atom stereocenters. The standard InChI is InChI=1S/C31H26F6O/c1-2-3-4-20-5-10-23(27(32)18-20)11-6-21-8-15-26-25(17-21)14-13-24(30(26)34)12-7-22-9-16-29(28(33)19-22)38-31(35,36)37/h2,5,8-10,13-19H,1,3-4,6-7,11-12H2. The zero-order valence-electron chi connectivity index (χ0n) is 20.6. The average Bonchev–Trinajstić information content (AvgIpc) is 2.87. The van der Waals surface area contributed by atoms with E-state index in [-0.39, 0.29) is 18.7 Å². The molecule has 0 saturated carbocycles. The summed E-state index contributed by atoms with van der Waals surface area (Å²) in [6.45, 7) is 3.68. The highest BCUT2D eigenvalue weighted by atomic mass is 19.4. The highest BCUT2D eigenvalue weighted by Crippen LogP contribution is 2.28. The first-order valence-electron chi connectivity index (χ1n) is 12.3. The summed E-state index contributed by atoms with van der Waals surface area (Å²) in [5.41, 5.74) is 3.35. The van der Waals surface area contributed by atoms with Crippen molar-refractivity contribution in [2.24, 2.45) is 0 Å². The Labute approximate surface area is 217 Å². The largest absolute Gasteiger partial charge is 0.573 e. The van der Waals surface area contributed by atoms with Gasteiger partial charge in [-0.1, -0.05) is 54.6 Å². The first-order chi connectivity index (χ1) is 18.1. The summed E-state index contributed by atoms with van der Waals surface area (Å²) in [5, 5.41) is 1.15. The van der Waals surface area contributed by atoms with Gasteiger partial charge in [-0.25, -0.2) is 13.2 Å². The van der Waals surface area contributed by atoms with E-state index in [1.807, 2.05) is 24.3 Å². The number of fused-ring (bicyclic) bond motifs is 1. The SMILES string of the molecule is C=CCCc1ccc(CCc2ccc3c(F)c(CCc4ccc(OC(F)(F)F)c(F)c4)ccc3c2)c(F)c1. The van der Waals surface area contributed by atoms with Crippen molar-refractivity contribution < 1.29 is 31.1 Å². The van der Waals surface area contributed by atoms with E-state index in [4.69, 9.17) is 0 Å². The van der Waals surface area contributed by atoms with E-state index in [1.165, 1.54) is 6.07 Å². The quantitative estimate of drug-likeness (QED) is 0.148. The lowest BCUT2D eigenvalue weighted by Crippen LogP contribution is -2.18. The van der Waals surface area contributed by atoms with E-state index >= 15 is 4.39 Å². The monoisotopic (exact) mass is 528 g/mol. The molecule has 1 nitrogen and oxygen atoms in total. The van der Waals surface area contributed by atoms with Gasteiger partial charge in [0.2, 0.25) is 0 Å². The lowest BCUT2D eigenvalue weighted by Gasteiger charge is -2.11. The third kappa shape index (κ3) is 6.97. The smallest absolute Gasteiger partial charge is 0.403 e. The van der Waals surface area contributed by atoms with E-state index < -0.39 is 23.7 Å². The summed E-state index contributed by atoms with van der Waals surface area (Å²) in [6, 6.07) is 17.4. The van der Waals surface area contributed by atoms with Crippen LogP contribution in [0.3, 0.4) is 0 Å². The van der Waals surface area contributed by atoms with E-state index in [9.17, 15) is 22.0 Å². The molecule has 0 amide bonds. The molecule has 4 aromatic rings. The molecule has 0 aromatic heterocycles. The molecule has 4 rings (SSSR count). The first-order valence-corrected chi connectivity index (χ1v) is 12.3. The van der Waals surface area contributed by atoms with Gasteiger partial charge >= 0.3 is 6.36 Å². The predicted molar refractivity (Wildman–Crippen MR) is 137 cm³/mol. The van der Waals surface area contributed by atoms with Gasteiger partial charge in [0.15, 0.2) is 11.6 Å². The summed E-state index contributed by atoms with van der Waals surface area (Å²) in [5.74, 6) is -2.66. The lowest BCUT2D eigenvalue weighted by atomic mass is 9.97. The summed E-state index contributed by atoms with van der Waals surface area (Å²) < 4.78 is 84.2. The third-order valence-corrected chi connectivity index (χ3v) is 6.44. The average molecular weight is 529 g/mol. The van der Waals surface area contributed by atoms with Crippen LogP contribution < -0.4 is 4.74 Å². The first kappa shape index (κ1) is 27.3. The van der Waals surface area contributed by atoms with Gasteiger partial charge < -0.3 is 4.74 Å². The molecular formula is C31H26F6O. The van der Waals surface area contributed by atoms with Crippen LogP contribution in [0.15, 0.2) is 79.4 Å². The molecule has 0 aliphatic carbocycles. The number of ether oxygens (including phenoxy) is 1. The number of halogens is 6. The highest BCUT2D eigenvalue weighted by Gasteiger charge is 2.32. The molecule has 7 heteroatoms. The van der Waals surface area contributed by atoms with Gasteiger partial charge in [-0.05, 0) is 89.9 Å². The second-order valence-electron chi connectivity index (χ2n) is 9.16. The topological polar surface area (TPSA) is 9.23 Å². The molecule has 0 N–H and O–H groups in total. The maximum Gasteiger partial charge on any atom is 0.573 e. The fourth-order valence-electron chi connectivity index (χ4n) is 4.42. The summed E-state index contributed by atoms with van der Waals surface area (Å²) in [6.07, 6.45) is -0.0443.